The summed E-state index contributed by atoms with van der Waals surface area (Å²) in [5.41, 5.74) is 17.5. The highest BCUT2D eigenvalue weighted by atomic mass is 15.1. The molecule has 0 saturated heterocycles. The average molecular weight is 640 g/mol. The molecule has 2 aliphatic rings. The average Bonchev–Trinajstić information content (AvgIpc) is 3.44. The Balaban J connectivity index is 1.29. The Bertz CT molecular complexity index is 2210. The third kappa shape index (κ3) is 4.73. The first-order valence-electron chi connectivity index (χ1n) is 18.0. The van der Waals surface area contributed by atoms with Crippen LogP contribution in [0.1, 0.15) is 103 Å². The SMILES string of the molecule is CC(C)(C)c1ccc(N(c2ccc(C(C)(C)C)cc2)c2ccc3c(c2)C(C)(C)c2c-3ccc3c2C(C)(C)c2ccc4ccccc4c2-3)cc1. The number of anilines is 3. The first kappa shape index (κ1) is 31.6. The molecule has 6 aromatic carbocycles. The standard InChI is InChI=1S/C48H49N/c1-45(2,3)31-16-20-33(21-17-31)49(34-22-18-32(19-23-34)46(4,5)6)35-24-25-37-38-26-27-39-42-36-14-12-11-13-30(36)15-28-40(42)47(7,8)44(39)43(38)48(9,10)41(37)29-35/h11-29H,1-10H3. The van der Waals surface area contributed by atoms with E-state index in [1.807, 2.05) is 0 Å². The van der Waals surface area contributed by atoms with Crippen LogP contribution in [0.15, 0.2) is 115 Å². The van der Waals surface area contributed by atoms with E-state index in [0.29, 0.717) is 0 Å². The Morgan fingerprint density at radius 1 is 0.449 bits per heavy atom. The largest absolute Gasteiger partial charge is 0.310 e. The number of benzene rings is 6. The summed E-state index contributed by atoms with van der Waals surface area (Å²) in [5, 5.41) is 2.66. The third-order valence-electron chi connectivity index (χ3n) is 11.5. The maximum absolute atomic E-state index is 2.47. The molecule has 1 heteroatoms. The van der Waals surface area contributed by atoms with Crippen molar-refractivity contribution in [2.45, 2.75) is 90.9 Å². The maximum atomic E-state index is 2.47. The van der Waals surface area contributed by atoms with Crippen LogP contribution in [0.4, 0.5) is 17.1 Å². The Labute approximate surface area is 293 Å². The van der Waals surface area contributed by atoms with E-state index < -0.39 is 0 Å². The van der Waals surface area contributed by atoms with Gasteiger partial charge in [-0.1, -0.05) is 148 Å². The van der Waals surface area contributed by atoms with Crippen LogP contribution in [-0.4, -0.2) is 0 Å². The van der Waals surface area contributed by atoms with E-state index in [9.17, 15) is 0 Å². The highest BCUT2D eigenvalue weighted by molar-refractivity contribution is 6.04. The topological polar surface area (TPSA) is 3.24 Å². The van der Waals surface area contributed by atoms with Crippen molar-refractivity contribution < 1.29 is 0 Å². The van der Waals surface area contributed by atoms with E-state index in [1.165, 1.54) is 83.5 Å². The lowest BCUT2D eigenvalue weighted by Gasteiger charge is -2.32. The van der Waals surface area contributed by atoms with Gasteiger partial charge in [-0.05, 0) is 114 Å². The van der Waals surface area contributed by atoms with Gasteiger partial charge in [0, 0.05) is 27.9 Å². The van der Waals surface area contributed by atoms with E-state index in [0.717, 1.165) is 0 Å². The molecule has 0 N–H and O–H groups in total. The molecule has 6 aromatic rings. The first-order valence-corrected chi connectivity index (χ1v) is 18.0. The monoisotopic (exact) mass is 639 g/mol. The molecule has 0 radical (unpaired) electrons. The normalized spacial score (nSPS) is 15.5. The van der Waals surface area contributed by atoms with Gasteiger partial charge < -0.3 is 4.90 Å². The summed E-state index contributed by atoms with van der Waals surface area (Å²) < 4.78 is 0. The van der Waals surface area contributed by atoms with E-state index >= 15 is 0 Å². The quantitative estimate of drug-likeness (QED) is 0.186. The molecule has 0 amide bonds. The molecule has 0 unspecified atom stereocenters. The summed E-state index contributed by atoms with van der Waals surface area (Å²) in [4.78, 5) is 2.44. The summed E-state index contributed by atoms with van der Waals surface area (Å²) in [6.45, 7) is 23.4. The summed E-state index contributed by atoms with van der Waals surface area (Å²) in [6.07, 6.45) is 0. The molecule has 49 heavy (non-hydrogen) atoms. The van der Waals surface area contributed by atoms with Gasteiger partial charge in [-0.2, -0.15) is 0 Å². The molecular weight excluding hydrogens is 591 g/mol. The van der Waals surface area contributed by atoms with Crippen LogP contribution in [0.3, 0.4) is 0 Å². The number of hydrogen-bond acceptors (Lipinski definition) is 1. The maximum Gasteiger partial charge on any atom is 0.0465 e. The van der Waals surface area contributed by atoms with E-state index in [4.69, 9.17) is 0 Å². The number of rotatable bonds is 3. The second-order valence-electron chi connectivity index (χ2n) is 17.5. The Morgan fingerprint density at radius 3 is 1.53 bits per heavy atom. The molecule has 0 heterocycles. The molecule has 0 aliphatic heterocycles. The molecule has 2 aliphatic carbocycles. The third-order valence-corrected chi connectivity index (χ3v) is 11.5. The molecule has 8 rings (SSSR count). The van der Waals surface area contributed by atoms with Crippen LogP contribution < -0.4 is 4.90 Å². The lowest BCUT2D eigenvalue weighted by molar-refractivity contribution is 0.590. The van der Waals surface area contributed by atoms with Gasteiger partial charge in [0.2, 0.25) is 0 Å². The molecule has 246 valence electrons. The van der Waals surface area contributed by atoms with Crippen molar-refractivity contribution in [1.82, 2.24) is 0 Å². The zero-order valence-electron chi connectivity index (χ0n) is 30.9. The van der Waals surface area contributed by atoms with Crippen LogP contribution in [0, 0.1) is 0 Å². The van der Waals surface area contributed by atoms with E-state index in [1.54, 1.807) is 0 Å². The molecule has 0 fully saturated rings. The van der Waals surface area contributed by atoms with E-state index in [2.05, 4.69) is 189 Å². The predicted octanol–water partition coefficient (Wildman–Crippen LogP) is 13.5. The van der Waals surface area contributed by atoms with Crippen molar-refractivity contribution >= 4 is 27.8 Å². The van der Waals surface area contributed by atoms with Crippen LogP contribution in [0.25, 0.3) is 33.0 Å². The van der Waals surface area contributed by atoms with Crippen LogP contribution >= 0.6 is 0 Å². The highest BCUT2D eigenvalue weighted by Crippen LogP contribution is 2.60. The molecule has 0 saturated carbocycles. The van der Waals surface area contributed by atoms with Crippen LogP contribution in [0.5, 0.6) is 0 Å². The Hall–Kier alpha value is -4.62. The van der Waals surface area contributed by atoms with Gasteiger partial charge in [-0.25, -0.2) is 0 Å². The number of fused-ring (bicyclic) bond motifs is 9. The first-order chi connectivity index (χ1) is 23.1. The predicted molar refractivity (Wildman–Crippen MR) is 211 cm³/mol. The fourth-order valence-electron chi connectivity index (χ4n) is 8.78. The van der Waals surface area contributed by atoms with Crippen molar-refractivity contribution in [2.75, 3.05) is 4.90 Å². The number of nitrogens with zero attached hydrogens (tertiary/aromatic N) is 1. The fraction of sp³-hybridized carbons (Fsp3) is 0.292. The summed E-state index contributed by atoms with van der Waals surface area (Å²) in [5.74, 6) is 0. The van der Waals surface area contributed by atoms with Crippen molar-refractivity contribution in [1.29, 1.82) is 0 Å². The summed E-state index contributed by atoms with van der Waals surface area (Å²) in [6, 6.07) is 43.9. The van der Waals surface area contributed by atoms with Crippen LogP contribution in [-0.2, 0) is 21.7 Å². The van der Waals surface area contributed by atoms with Gasteiger partial charge in [0.05, 0.1) is 0 Å². The summed E-state index contributed by atoms with van der Waals surface area (Å²) in [7, 11) is 0. The Morgan fingerprint density at radius 2 is 0.939 bits per heavy atom. The second kappa shape index (κ2) is 10.4. The lowest BCUT2D eigenvalue weighted by atomic mass is 9.72. The minimum Gasteiger partial charge on any atom is -0.310 e. The molecule has 0 aromatic heterocycles. The van der Waals surface area contributed by atoms with Gasteiger partial charge >= 0.3 is 0 Å². The minimum absolute atomic E-state index is 0.0983. The van der Waals surface area contributed by atoms with Gasteiger partial charge in [0.15, 0.2) is 0 Å². The van der Waals surface area contributed by atoms with Crippen molar-refractivity contribution in [3.63, 3.8) is 0 Å². The van der Waals surface area contributed by atoms with Gasteiger partial charge in [-0.3, -0.25) is 0 Å². The van der Waals surface area contributed by atoms with E-state index in [-0.39, 0.29) is 21.7 Å². The zero-order valence-corrected chi connectivity index (χ0v) is 30.9. The van der Waals surface area contributed by atoms with Crippen LogP contribution in [0.2, 0.25) is 0 Å². The summed E-state index contributed by atoms with van der Waals surface area (Å²) >= 11 is 0. The van der Waals surface area contributed by atoms with Gasteiger partial charge in [0.1, 0.15) is 0 Å². The molecule has 0 spiro atoms. The lowest BCUT2D eigenvalue weighted by Crippen LogP contribution is -2.24. The number of hydrogen-bond donors (Lipinski definition) is 0. The van der Waals surface area contributed by atoms with Crippen molar-refractivity contribution in [2.24, 2.45) is 0 Å². The smallest absolute Gasteiger partial charge is 0.0465 e. The fourth-order valence-corrected chi connectivity index (χ4v) is 8.78. The second-order valence-corrected chi connectivity index (χ2v) is 17.5. The highest BCUT2D eigenvalue weighted by Gasteiger charge is 2.46. The molecular formula is C48H49N. The zero-order chi connectivity index (χ0) is 34.7. The minimum atomic E-state index is -0.168. The Kier molecular flexibility index (Phi) is 6.74. The molecule has 0 atom stereocenters. The van der Waals surface area contributed by atoms with Gasteiger partial charge in [-0.15, -0.1) is 0 Å². The molecule has 0 bridgehead atoms. The molecule has 1 nitrogen and oxygen atoms in total. The van der Waals surface area contributed by atoms with Crippen molar-refractivity contribution in [3.05, 3.63) is 149 Å². The van der Waals surface area contributed by atoms with Gasteiger partial charge in [0.25, 0.3) is 0 Å². The van der Waals surface area contributed by atoms with Crippen molar-refractivity contribution in [3.8, 4) is 22.3 Å².